The molecule has 1 fully saturated rings. The van der Waals surface area contributed by atoms with E-state index < -0.39 is 0 Å². The Morgan fingerprint density at radius 2 is 2.37 bits per heavy atom. The Morgan fingerprint density at radius 1 is 1.58 bits per heavy atom. The summed E-state index contributed by atoms with van der Waals surface area (Å²) in [6, 6.07) is 4.52. The number of hydrogen-bond donors (Lipinski definition) is 1. The summed E-state index contributed by atoms with van der Waals surface area (Å²) in [6.45, 7) is 5.01. The maximum absolute atomic E-state index is 13.1. The maximum atomic E-state index is 13.1. The van der Waals surface area contributed by atoms with Gasteiger partial charge in [-0.3, -0.25) is 4.90 Å². The quantitative estimate of drug-likeness (QED) is 0.928. The molecule has 2 N–H and O–H groups in total. The molecule has 1 aliphatic heterocycles. The van der Waals surface area contributed by atoms with E-state index in [9.17, 15) is 4.39 Å². The molecule has 0 aromatic heterocycles. The predicted octanol–water partition coefficient (Wildman–Crippen LogP) is 2.59. The van der Waals surface area contributed by atoms with Crippen LogP contribution in [0.2, 0.25) is 5.02 Å². The van der Waals surface area contributed by atoms with Crippen molar-refractivity contribution in [2.75, 3.05) is 26.2 Å². The molecule has 0 spiro atoms. The Labute approximate surface area is 118 Å². The summed E-state index contributed by atoms with van der Waals surface area (Å²) in [5.74, 6) is -0.322. The summed E-state index contributed by atoms with van der Waals surface area (Å²) in [4.78, 5) is 2.27. The molecule has 1 aliphatic rings. The minimum atomic E-state index is -0.322. The minimum absolute atomic E-state index is 0.0113. The lowest BCUT2D eigenvalue weighted by Crippen LogP contribution is -2.37. The third-order valence-electron chi connectivity index (χ3n) is 3.47. The van der Waals surface area contributed by atoms with Gasteiger partial charge in [0.15, 0.2) is 0 Å². The van der Waals surface area contributed by atoms with Crippen LogP contribution in [0.15, 0.2) is 18.2 Å². The fourth-order valence-corrected chi connectivity index (χ4v) is 2.85. The van der Waals surface area contributed by atoms with Gasteiger partial charge in [-0.1, -0.05) is 17.7 Å². The normalized spacial score (nSPS) is 23.1. The SMILES string of the molecule is CC1CN(C(CN)c2ccc(F)cc2Cl)CCCO1. The van der Waals surface area contributed by atoms with E-state index in [4.69, 9.17) is 22.1 Å². The molecular weight excluding hydrogens is 267 g/mol. The molecule has 1 saturated heterocycles. The zero-order valence-corrected chi connectivity index (χ0v) is 11.9. The summed E-state index contributed by atoms with van der Waals surface area (Å²) in [6.07, 6.45) is 1.15. The fourth-order valence-electron chi connectivity index (χ4n) is 2.55. The first-order valence-electron chi connectivity index (χ1n) is 6.62. The lowest BCUT2D eigenvalue weighted by Gasteiger charge is -2.31. The molecule has 0 radical (unpaired) electrons. The Kier molecular flexibility index (Phi) is 5.16. The molecule has 0 aliphatic carbocycles. The summed E-state index contributed by atoms with van der Waals surface area (Å²) < 4.78 is 18.8. The Bertz CT molecular complexity index is 430. The largest absolute Gasteiger partial charge is 0.377 e. The average Bonchev–Trinajstić information content (AvgIpc) is 2.58. The molecular formula is C14H20ClFN2O. The van der Waals surface area contributed by atoms with Crippen molar-refractivity contribution in [2.24, 2.45) is 5.73 Å². The molecule has 1 heterocycles. The Balaban J connectivity index is 2.22. The Hall–Kier alpha value is -0.680. The predicted molar refractivity (Wildman–Crippen MR) is 74.8 cm³/mol. The van der Waals surface area contributed by atoms with Crippen LogP contribution < -0.4 is 5.73 Å². The van der Waals surface area contributed by atoms with Crippen molar-refractivity contribution in [1.82, 2.24) is 4.90 Å². The van der Waals surface area contributed by atoms with Gasteiger partial charge in [0.25, 0.3) is 0 Å². The summed E-state index contributed by atoms with van der Waals surface area (Å²) in [5, 5.41) is 0.438. The van der Waals surface area contributed by atoms with Gasteiger partial charge in [-0.15, -0.1) is 0 Å². The topological polar surface area (TPSA) is 38.5 Å². The molecule has 2 unspecified atom stereocenters. The highest BCUT2D eigenvalue weighted by Crippen LogP contribution is 2.28. The van der Waals surface area contributed by atoms with Crippen LogP contribution >= 0.6 is 11.6 Å². The molecule has 2 atom stereocenters. The fraction of sp³-hybridized carbons (Fsp3) is 0.571. The average molecular weight is 287 g/mol. The van der Waals surface area contributed by atoms with Crippen LogP contribution in [0, 0.1) is 5.82 Å². The third kappa shape index (κ3) is 3.66. The van der Waals surface area contributed by atoms with Crippen LogP contribution in [0.4, 0.5) is 4.39 Å². The number of ether oxygens (including phenoxy) is 1. The molecule has 3 nitrogen and oxygen atoms in total. The van der Waals surface area contributed by atoms with Gasteiger partial charge in [0.05, 0.1) is 6.10 Å². The first kappa shape index (κ1) is 14.7. The van der Waals surface area contributed by atoms with E-state index >= 15 is 0 Å². The van der Waals surface area contributed by atoms with Gasteiger partial charge in [-0.2, -0.15) is 0 Å². The summed E-state index contributed by atoms with van der Waals surface area (Å²) in [5.41, 5.74) is 6.79. The lowest BCUT2D eigenvalue weighted by molar-refractivity contribution is 0.0612. The maximum Gasteiger partial charge on any atom is 0.124 e. The first-order valence-corrected chi connectivity index (χ1v) is 7.00. The van der Waals surface area contributed by atoms with Crippen molar-refractivity contribution in [3.8, 4) is 0 Å². The van der Waals surface area contributed by atoms with Crippen molar-refractivity contribution in [3.63, 3.8) is 0 Å². The van der Waals surface area contributed by atoms with E-state index in [2.05, 4.69) is 11.8 Å². The lowest BCUT2D eigenvalue weighted by atomic mass is 10.0. The minimum Gasteiger partial charge on any atom is -0.377 e. The highest BCUT2D eigenvalue weighted by atomic mass is 35.5. The van der Waals surface area contributed by atoms with E-state index in [-0.39, 0.29) is 18.0 Å². The van der Waals surface area contributed by atoms with Gasteiger partial charge in [-0.05, 0) is 31.0 Å². The molecule has 0 saturated carbocycles. The molecule has 0 amide bonds. The number of halogens is 2. The van der Waals surface area contributed by atoms with Gasteiger partial charge in [0.1, 0.15) is 5.82 Å². The number of nitrogens with zero attached hydrogens (tertiary/aromatic N) is 1. The van der Waals surface area contributed by atoms with Crippen molar-refractivity contribution >= 4 is 11.6 Å². The van der Waals surface area contributed by atoms with E-state index in [0.29, 0.717) is 11.6 Å². The molecule has 2 rings (SSSR count). The zero-order chi connectivity index (χ0) is 13.8. The van der Waals surface area contributed by atoms with Crippen molar-refractivity contribution < 1.29 is 9.13 Å². The van der Waals surface area contributed by atoms with Crippen LogP contribution in [-0.4, -0.2) is 37.2 Å². The first-order chi connectivity index (χ1) is 9.11. The van der Waals surface area contributed by atoms with Crippen LogP contribution in [0.1, 0.15) is 24.9 Å². The standard InChI is InChI=1S/C14H20ClFN2O/c1-10-9-18(5-2-6-19-10)14(8-17)12-4-3-11(16)7-13(12)15/h3-4,7,10,14H,2,5-6,8-9,17H2,1H3. The van der Waals surface area contributed by atoms with E-state index in [0.717, 1.165) is 31.7 Å². The molecule has 5 heteroatoms. The zero-order valence-electron chi connectivity index (χ0n) is 11.1. The monoisotopic (exact) mass is 286 g/mol. The molecule has 0 bridgehead atoms. The smallest absolute Gasteiger partial charge is 0.124 e. The second-order valence-electron chi connectivity index (χ2n) is 4.95. The van der Waals surface area contributed by atoms with E-state index in [1.165, 1.54) is 12.1 Å². The third-order valence-corrected chi connectivity index (χ3v) is 3.80. The van der Waals surface area contributed by atoms with Crippen LogP contribution in [0.3, 0.4) is 0 Å². The van der Waals surface area contributed by atoms with Crippen LogP contribution in [0.5, 0.6) is 0 Å². The Morgan fingerprint density at radius 3 is 3.05 bits per heavy atom. The number of hydrogen-bond acceptors (Lipinski definition) is 3. The number of benzene rings is 1. The molecule has 1 aromatic rings. The van der Waals surface area contributed by atoms with E-state index in [1.54, 1.807) is 6.07 Å². The van der Waals surface area contributed by atoms with Gasteiger partial charge in [0, 0.05) is 37.3 Å². The van der Waals surface area contributed by atoms with Crippen LogP contribution in [0.25, 0.3) is 0 Å². The summed E-state index contributed by atoms with van der Waals surface area (Å²) in [7, 11) is 0. The summed E-state index contributed by atoms with van der Waals surface area (Å²) >= 11 is 6.15. The van der Waals surface area contributed by atoms with E-state index in [1.807, 2.05) is 0 Å². The van der Waals surface area contributed by atoms with Crippen LogP contribution in [-0.2, 0) is 4.74 Å². The van der Waals surface area contributed by atoms with Crippen molar-refractivity contribution in [3.05, 3.63) is 34.6 Å². The van der Waals surface area contributed by atoms with Gasteiger partial charge in [0.2, 0.25) is 0 Å². The second-order valence-corrected chi connectivity index (χ2v) is 5.35. The van der Waals surface area contributed by atoms with Gasteiger partial charge < -0.3 is 10.5 Å². The highest BCUT2D eigenvalue weighted by molar-refractivity contribution is 6.31. The van der Waals surface area contributed by atoms with Gasteiger partial charge >= 0.3 is 0 Å². The number of rotatable bonds is 3. The number of nitrogens with two attached hydrogens (primary N) is 1. The highest BCUT2D eigenvalue weighted by Gasteiger charge is 2.24. The molecule has 1 aromatic carbocycles. The van der Waals surface area contributed by atoms with Gasteiger partial charge in [-0.25, -0.2) is 4.39 Å². The van der Waals surface area contributed by atoms with Crippen molar-refractivity contribution in [1.29, 1.82) is 0 Å². The molecule has 106 valence electrons. The molecule has 19 heavy (non-hydrogen) atoms. The van der Waals surface area contributed by atoms with Crippen molar-refractivity contribution in [2.45, 2.75) is 25.5 Å². The second kappa shape index (κ2) is 6.66.